The maximum atomic E-state index is 12.1. The Kier molecular flexibility index (Phi) is 4.95. The van der Waals surface area contributed by atoms with Crippen molar-refractivity contribution >= 4 is 40.7 Å². The molecule has 1 fully saturated rings. The molecule has 0 aromatic heterocycles. The number of amides is 1. The van der Waals surface area contributed by atoms with E-state index in [0.717, 1.165) is 11.3 Å². The molecule has 0 spiro atoms. The van der Waals surface area contributed by atoms with Crippen LogP contribution in [0.2, 0.25) is 0 Å². The Balaban J connectivity index is 1.88. The van der Waals surface area contributed by atoms with E-state index in [1.165, 1.54) is 29.1 Å². The van der Waals surface area contributed by atoms with Crippen LogP contribution in [0.1, 0.15) is 21.5 Å². The van der Waals surface area contributed by atoms with Crippen molar-refractivity contribution in [3.8, 4) is 0 Å². The molecule has 0 radical (unpaired) electrons. The molecular weight excluding hydrogens is 338 g/mol. The summed E-state index contributed by atoms with van der Waals surface area (Å²) in [5.74, 6) is -0.986. The number of rotatable bonds is 4. The predicted octanol–water partition coefficient (Wildman–Crippen LogP) is 3.29. The molecule has 1 aliphatic heterocycles. The van der Waals surface area contributed by atoms with Gasteiger partial charge in [-0.25, -0.2) is 9.79 Å². The minimum Gasteiger partial charge on any atom is -0.478 e. The number of carboxylic acids is 1. The molecule has 0 bridgehead atoms. The lowest BCUT2D eigenvalue weighted by atomic mass is 10.1. The summed E-state index contributed by atoms with van der Waals surface area (Å²) in [7, 11) is 0. The van der Waals surface area contributed by atoms with E-state index in [9.17, 15) is 14.7 Å². The van der Waals surface area contributed by atoms with Gasteiger partial charge in [-0.15, -0.1) is 0 Å². The number of carboxylic acid groups (broad SMARTS) is 1. The Bertz CT molecular complexity index is 875. The molecular formula is C18H15N3O3S. The fourth-order valence-corrected chi connectivity index (χ4v) is 3.02. The summed E-state index contributed by atoms with van der Waals surface area (Å²) in [4.78, 5) is 27.8. The molecule has 0 atom stereocenters. The van der Waals surface area contributed by atoms with Gasteiger partial charge in [0.25, 0.3) is 5.91 Å². The fraction of sp³-hybridized carbons (Fsp3) is 0.111. The number of carbonyl (C=O) groups is 2. The van der Waals surface area contributed by atoms with Gasteiger partial charge in [0.15, 0.2) is 5.17 Å². The van der Waals surface area contributed by atoms with Crippen LogP contribution in [0.15, 0.2) is 58.6 Å². The zero-order valence-electron chi connectivity index (χ0n) is 13.4. The number of aliphatic imine (C=N–C) groups is 1. The van der Waals surface area contributed by atoms with Crippen molar-refractivity contribution in [2.24, 2.45) is 10.1 Å². The molecule has 0 unspecified atom stereocenters. The SMILES string of the molecule is Cc1ccc(N=C2SCC(=O)N2/N=C/c2ccccc2C(=O)O)cc1. The Morgan fingerprint density at radius 2 is 1.92 bits per heavy atom. The maximum Gasteiger partial charge on any atom is 0.336 e. The van der Waals surface area contributed by atoms with Crippen LogP contribution in [0.3, 0.4) is 0 Å². The topological polar surface area (TPSA) is 82.3 Å². The number of hydrogen-bond donors (Lipinski definition) is 1. The monoisotopic (exact) mass is 353 g/mol. The second-order valence-electron chi connectivity index (χ2n) is 5.36. The molecule has 1 heterocycles. The second-order valence-corrected chi connectivity index (χ2v) is 6.30. The van der Waals surface area contributed by atoms with Crippen LogP contribution in [0, 0.1) is 6.92 Å². The molecule has 3 rings (SSSR count). The van der Waals surface area contributed by atoms with Gasteiger partial charge in [0.2, 0.25) is 0 Å². The van der Waals surface area contributed by atoms with Crippen molar-refractivity contribution in [2.45, 2.75) is 6.92 Å². The number of hydrogen-bond acceptors (Lipinski definition) is 5. The number of benzene rings is 2. The fourth-order valence-electron chi connectivity index (χ4n) is 2.20. The highest BCUT2D eigenvalue weighted by molar-refractivity contribution is 8.15. The summed E-state index contributed by atoms with van der Waals surface area (Å²) < 4.78 is 0. The normalized spacial score (nSPS) is 16.1. The van der Waals surface area contributed by atoms with Gasteiger partial charge >= 0.3 is 5.97 Å². The first-order valence-electron chi connectivity index (χ1n) is 7.52. The van der Waals surface area contributed by atoms with E-state index < -0.39 is 5.97 Å². The van der Waals surface area contributed by atoms with E-state index >= 15 is 0 Å². The zero-order valence-corrected chi connectivity index (χ0v) is 14.2. The standard InChI is InChI=1S/C18H15N3O3S/c1-12-6-8-14(9-7-12)20-18-21(16(22)11-25-18)19-10-13-4-2-3-5-15(13)17(23)24/h2-10H,11H2,1H3,(H,23,24)/b19-10+,20-18?. The molecule has 6 nitrogen and oxygen atoms in total. The van der Waals surface area contributed by atoms with E-state index in [1.807, 2.05) is 31.2 Å². The lowest BCUT2D eigenvalue weighted by molar-refractivity contribution is -0.124. The van der Waals surface area contributed by atoms with E-state index in [-0.39, 0.29) is 17.2 Å². The third-order valence-corrected chi connectivity index (χ3v) is 4.42. The number of thioether (sulfide) groups is 1. The average molecular weight is 353 g/mol. The number of nitrogens with zero attached hydrogens (tertiary/aromatic N) is 3. The van der Waals surface area contributed by atoms with Crippen LogP contribution in [0.4, 0.5) is 5.69 Å². The molecule has 1 amide bonds. The van der Waals surface area contributed by atoms with Crippen LogP contribution in [0.25, 0.3) is 0 Å². The number of aromatic carboxylic acids is 1. The summed E-state index contributed by atoms with van der Waals surface area (Å²) in [5, 5.41) is 15.0. The number of amidine groups is 1. The van der Waals surface area contributed by atoms with Crippen molar-refractivity contribution < 1.29 is 14.7 Å². The van der Waals surface area contributed by atoms with Crippen LogP contribution >= 0.6 is 11.8 Å². The van der Waals surface area contributed by atoms with Crippen LogP contribution in [0.5, 0.6) is 0 Å². The lowest BCUT2D eigenvalue weighted by Gasteiger charge is -2.09. The van der Waals surface area contributed by atoms with Crippen LogP contribution in [-0.2, 0) is 4.79 Å². The third kappa shape index (κ3) is 3.95. The highest BCUT2D eigenvalue weighted by atomic mass is 32.2. The molecule has 0 saturated carbocycles. The first-order chi connectivity index (χ1) is 12.0. The Morgan fingerprint density at radius 1 is 1.20 bits per heavy atom. The quantitative estimate of drug-likeness (QED) is 0.855. The van der Waals surface area contributed by atoms with E-state index in [0.29, 0.717) is 10.7 Å². The van der Waals surface area contributed by atoms with Gasteiger partial charge in [-0.1, -0.05) is 47.7 Å². The molecule has 126 valence electrons. The average Bonchev–Trinajstić information content (AvgIpc) is 2.95. The lowest BCUT2D eigenvalue weighted by Crippen LogP contribution is -2.24. The summed E-state index contributed by atoms with van der Waals surface area (Å²) in [6.45, 7) is 1.99. The van der Waals surface area contributed by atoms with Crippen LogP contribution < -0.4 is 0 Å². The van der Waals surface area contributed by atoms with Gasteiger partial charge in [0.05, 0.1) is 23.2 Å². The van der Waals surface area contributed by atoms with Gasteiger partial charge in [-0.2, -0.15) is 10.1 Å². The zero-order chi connectivity index (χ0) is 17.8. The summed E-state index contributed by atoms with van der Waals surface area (Å²) in [5.41, 5.74) is 2.41. The summed E-state index contributed by atoms with van der Waals surface area (Å²) >= 11 is 1.30. The van der Waals surface area contributed by atoms with Crippen molar-refractivity contribution in [1.82, 2.24) is 5.01 Å². The number of carbonyl (C=O) groups excluding carboxylic acids is 1. The third-order valence-electron chi connectivity index (χ3n) is 3.50. The molecule has 2 aromatic rings. The van der Waals surface area contributed by atoms with Gasteiger partial charge in [-0.3, -0.25) is 4.79 Å². The molecule has 1 saturated heterocycles. The largest absolute Gasteiger partial charge is 0.478 e. The molecule has 2 aromatic carbocycles. The highest BCUT2D eigenvalue weighted by Gasteiger charge is 2.28. The van der Waals surface area contributed by atoms with E-state index in [2.05, 4.69) is 10.1 Å². The Hall–Kier alpha value is -2.93. The molecule has 0 aliphatic carbocycles. The number of hydrazone groups is 1. The van der Waals surface area contributed by atoms with Crippen molar-refractivity contribution in [2.75, 3.05) is 5.75 Å². The minimum atomic E-state index is -1.04. The molecule has 7 heteroatoms. The minimum absolute atomic E-state index is 0.127. The van der Waals surface area contributed by atoms with Gasteiger partial charge in [0.1, 0.15) is 0 Å². The second kappa shape index (κ2) is 7.31. The summed E-state index contributed by atoms with van der Waals surface area (Å²) in [6, 6.07) is 14.1. The smallest absolute Gasteiger partial charge is 0.336 e. The molecule has 25 heavy (non-hydrogen) atoms. The van der Waals surface area contributed by atoms with Crippen LogP contribution in [-0.4, -0.2) is 39.1 Å². The van der Waals surface area contributed by atoms with Crippen molar-refractivity contribution in [3.63, 3.8) is 0 Å². The van der Waals surface area contributed by atoms with Gasteiger partial charge in [0, 0.05) is 5.56 Å². The predicted molar refractivity (Wildman–Crippen MR) is 98.6 cm³/mol. The van der Waals surface area contributed by atoms with Crippen molar-refractivity contribution in [1.29, 1.82) is 0 Å². The van der Waals surface area contributed by atoms with Gasteiger partial charge < -0.3 is 5.11 Å². The number of aryl methyl sites for hydroxylation is 1. The Morgan fingerprint density at radius 3 is 2.64 bits per heavy atom. The maximum absolute atomic E-state index is 12.1. The molecule has 1 aliphatic rings. The van der Waals surface area contributed by atoms with Gasteiger partial charge in [-0.05, 0) is 25.1 Å². The van der Waals surface area contributed by atoms with E-state index in [4.69, 9.17) is 0 Å². The summed E-state index contributed by atoms with van der Waals surface area (Å²) in [6.07, 6.45) is 1.37. The Labute approximate surface area is 148 Å². The van der Waals surface area contributed by atoms with E-state index in [1.54, 1.807) is 18.2 Å². The first-order valence-corrected chi connectivity index (χ1v) is 8.50. The van der Waals surface area contributed by atoms with Crippen molar-refractivity contribution in [3.05, 3.63) is 65.2 Å². The highest BCUT2D eigenvalue weighted by Crippen LogP contribution is 2.24. The first kappa shape index (κ1) is 16.9. The molecule has 1 N–H and O–H groups in total.